The normalized spacial score (nSPS) is 21.6. The van der Waals surface area contributed by atoms with E-state index in [4.69, 9.17) is 4.74 Å². The molecule has 0 radical (unpaired) electrons. The van der Waals surface area contributed by atoms with Gasteiger partial charge in [-0.05, 0) is 48.4 Å². The Labute approximate surface area is 206 Å². The smallest absolute Gasteiger partial charge is 0.407 e. The van der Waals surface area contributed by atoms with Crippen molar-refractivity contribution in [3.05, 3.63) is 59.7 Å². The molecule has 7 nitrogen and oxygen atoms in total. The summed E-state index contributed by atoms with van der Waals surface area (Å²) in [5, 5.41) is 15.3. The lowest BCUT2D eigenvalue weighted by Crippen LogP contribution is -2.48. The summed E-state index contributed by atoms with van der Waals surface area (Å²) in [6.45, 7) is 3.89. The van der Waals surface area contributed by atoms with Gasteiger partial charge in [0.1, 0.15) is 6.61 Å². The predicted molar refractivity (Wildman–Crippen MR) is 133 cm³/mol. The van der Waals surface area contributed by atoms with Crippen molar-refractivity contribution in [3.63, 3.8) is 0 Å². The zero-order valence-corrected chi connectivity index (χ0v) is 20.4. The molecule has 0 bridgehead atoms. The molecule has 3 N–H and O–H groups in total. The van der Waals surface area contributed by atoms with Crippen LogP contribution in [0.15, 0.2) is 48.5 Å². The Balaban J connectivity index is 1.34. The van der Waals surface area contributed by atoms with Crippen LogP contribution in [0.25, 0.3) is 11.1 Å². The van der Waals surface area contributed by atoms with Gasteiger partial charge in [-0.25, -0.2) is 4.79 Å². The summed E-state index contributed by atoms with van der Waals surface area (Å²) in [6.07, 6.45) is 2.91. The zero-order valence-electron chi connectivity index (χ0n) is 20.4. The van der Waals surface area contributed by atoms with Crippen LogP contribution in [0.2, 0.25) is 0 Å². The van der Waals surface area contributed by atoms with E-state index in [0.29, 0.717) is 19.3 Å². The second-order valence-electron chi connectivity index (χ2n) is 9.89. The van der Waals surface area contributed by atoms with Crippen LogP contribution in [0.3, 0.4) is 0 Å². The molecule has 0 aliphatic heterocycles. The van der Waals surface area contributed by atoms with E-state index >= 15 is 0 Å². The highest BCUT2D eigenvalue weighted by molar-refractivity contribution is 5.81. The van der Waals surface area contributed by atoms with Crippen molar-refractivity contribution in [3.8, 4) is 11.1 Å². The van der Waals surface area contributed by atoms with E-state index in [9.17, 15) is 19.5 Å². The topological polar surface area (TPSA) is 105 Å². The molecule has 186 valence electrons. The van der Waals surface area contributed by atoms with Crippen LogP contribution in [0.4, 0.5) is 4.79 Å². The van der Waals surface area contributed by atoms with Gasteiger partial charge in [-0.1, -0.05) is 68.3 Å². The van der Waals surface area contributed by atoms with E-state index in [0.717, 1.165) is 35.1 Å². The summed E-state index contributed by atoms with van der Waals surface area (Å²) in [6, 6.07) is 15.5. The Bertz CT molecular complexity index is 1050. The molecular weight excluding hydrogens is 444 g/mol. The van der Waals surface area contributed by atoms with Gasteiger partial charge in [0.25, 0.3) is 0 Å². The van der Waals surface area contributed by atoms with E-state index in [1.54, 1.807) is 6.92 Å². The van der Waals surface area contributed by atoms with Crippen molar-refractivity contribution < 1.29 is 24.2 Å². The van der Waals surface area contributed by atoms with Gasteiger partial charge in [-0.2, -0.15) is 0 Å². The molecule has 3 unspecified atom stereocenters. The number of carbonyl (C=O) groups is 3. The molecule has 35 heavy (non-hydrogen) atoms. The van der Waals surface area contributed by atoms with Crippen molar-refractivity contribution in [1.29, 1.82) is 0 Å². The summed E-state index contributed by atoms with van der Waals surface area (Å²) in [4.78, 5) is 37.1. The quantitative estimate of drug-likeness (QED) is 0.478. The Hall–Kier alpha value is -3.35. The Morgan fingerprint density at radius 3 is 2.31 bits per heavy atom. The third-order valence-corrected chi connectivity index (χ3v) is 7.52. The standard InChI is InChI=1S/C28H34N2O5/c1-3-9-18(16-25(31)30-24-14-8-15-28(24,2)26(32)33)29-27(34)35-17-23-21-12-6-4-10-19(21)20-11-5-7-13-22(20)23/h4-7,10-13,18,23-24H,3,8-9,14-17H2,1-2H3,(H,29,34)(H,30,31)(H,32,33). The SMILES string of the molecule is CCCC(CC(=O)NC1CCCC1(C)C(=O)O)NC(=O)OCC1c2ccccc2-c2ccccc21. The lowest BCUT2D eigenvalue weighted by atomic mass is 9.85. The summed E-state index contributed by atoms with van der Waals surface area (Å²) >= 11 is 0. The van der Waals surface area contributed by atoms with E-state index in [1.165, 1.54) is 0 Å². The molecule has 2 aliphatic carbocycles. The first kappa shape index (κ1) is 24.8. The average molecular weight is 479 g/mol. The first-order chi connectivity index (χ1) is 16.8. The fraction of sp³-hybridized carbons (Fsp3) is 0.464. The number of nitrogens with one attached hydrogen (secondary N) is 2. The number of alkyl carbamates (subject to hydrolysis) is 1. The van der Waals surface area contributed by atoms with E-state index in [-0.39, 0.29) is 30.9 Å². The molecular formula is C28H34N2O5. The highest BCUT2D eigenvalue weighted by Gasteiger charge is 2.46. The zero-order chi connectivity index (χ0) is 25.0. The number of hydrogen-bond donors (Lipinski definition) is 3. The van der Waals surface area contributed by atoms with Gasteiger partial charge < -0.3 is 20.5 Å². The highest BCUT2D eigenvalue weighted by atomic mass is 16.5. The maximum absolute atomic E-state index is 12.7. The fourth-order valence-electron chi connectivity index (χ4n) is 5.51. The van der Waals surface area contributed by atoms with Crippen LogP contribution in [0.1, 0.15) is 69.4 Å². The molecule has 1 fully saturated rings. The fourth-order valence-corrected chi connectivity index (χ4v) is 5.51. The van der Waals surface area contributed by atoms with Crippen molar-refractivity contribution in [2.75, 3.05) is 6.61 Å². The van der Waals surface area contributed by atoms with E-state index < -0.39 is 23.5 Å². The maximum atomic E-state index is 12.7. The van der Waals surface area contributed by atoms with Gasteiger partial charge in [-0.3, -0.25) is 9.59 Å². The predicted octanol–water partition coefficient (Wildman–Crippen LogP) is 4.84. The maximum Gasteiger partial charge on any atom is 0.407 e. The van der Waals surface area contributed by atoms with Crippen LogP contribution in [-0.2, 0) is 14.3 Å². The first-order valence-electron chi connectivity index (χ1n) is 12.5. The third kappa shape index (κ3) is 5.19. The molecule has 7 heteroatoms. The average Bonchev–Trinajstić information content (AvgIpc) is 3.36. The summed E-state index contributed by atoms with van der Waals surface area (Å²) < 4.78 is 5.64. The molecule has 0 spiro atoms. The first-order valence-corrected chi connectivity index (χ1v) is 12.5. The monoisotopic (exact) mass is 478 g/mol. The van der Waals surface area contributed by atoms with Crippen LogP contribution in [0.5, 0.6) is 0 Å². The van der Waals surface area contributed by atoms with Gasteiger partial charge >= 0.3 is 12.1 Å². The number of carboxylic acid groups (broad SMARTS) is 1. The molecule has 2 aliphatic rings. The molecule has 2 aromatic rings. The molecule has 0 aromatic heterocycles. The number of carboxylic acids is 1. The second-order valence-corrected chi connectivity index (χ2v) is 9.89. The molecule has 2 aromatic carbocycles. The van der Waals surface area contributed by atoms with Crippen molar-refractivity contribution in [1.82, 2.24) is 10.6 Å². The van der Waals surface area contributed by atoms with Gasteiger partial charge in [0.15, 0.2) is 0 Å². The molecule has 3 atom stereocenters. The summed E-state index contributed by atoms with van der Waals surface area (Å²) in [5.41, 5.74) is 3.67. The van der Waals surface area contributed by atoms with Gasteiger partial charge in [-0.15, -0.1) is 0 Å². The van der Waals surface area contributed by atoms with Crippen LogP contribution in [-0.4, -0.2) is 41.8 Å². The number of aliphatic carboxylic acids is 1. The van der Waals surface area contributed by atoms with Gasteiger partial charge in [0.2, 0.25) is 5.91 Å². The second kappa shape index (κ2) is 10.5. The van der Waals surface area contributed by atoms with Gasteiger partial charge in [0, 0.05) is 24.4 Å². The number of hydrogen-bond acceptors (Lipinski definition) is 4. The minimum Gasteiger partial charge on any atom is -0.481 e. The largest absolute Gasteiger partial charge is 0.481 e. The molecule has 0 saturated heterocycles. The molecule has 1 saturated carbocycles. The molecule has 2 amide bonds. The summed E-state index contributed by atoms with van der Waals surface area (Å²) in [5.74, 6) is -1.17. The minimum atomic E-state index is -0.948. The number of ether oxygens (including phenoxy) is 1. The van der Waals surface area contributed by atoms with E-state index in [2.05, 4.69) is 34.9 Å². The minimum absolute atomic E-state index is 0.0304. The Morgan fingerprint density at radius 1 is 1.09 bits per heavy atom. The van der Waals surface area contributed by atoms with Crippen LogP contribution in [0, 0.1) is 5.41 Å². The third-order valence-electron chi connectivity index (χ3n) is 7.52. The van der Waals surface area contributed by atoms with Gasteiger partial charge in [0.05, 0.1) is 5.41 Å². The molecule has 4 rings (SSSR count). The van der Waals surface area contributed by atoms with E-state index in [1.807, 2.05) is 31.2 Å². The Kier molecular flexibility index (Phi) is 7.43. The van der Waals surface area contributed by atoms with Crippen molar-refractivity contribution in [2.24, 2.45) is 5.41 Å². The lowest BCUT2D eigenvalue weighted by Gasteiger charge is -2.28. The number of fused-ring (bicyclic) bond motifs is 3. The highest BCUT2D eigenvalue weighted by Crippen LogP contribution is 2.44. The summed E-state index contributed by atoms with van der Waals surface area (Å²) in [7, 11) is 0. The number of rotatable bonds is 9. The van der Waals surface area contributed by atoms with Crippen LogP contribution >= 0.6 is 0 Å². The lowest BCUT2D eigenvalue weighted by molar-refractivity contribution is -0.149. The number of carbonyl (C=O) groups excluding carboxylic acids is 2. The van der Waals surface area contributed by atoms with Crippen molar-refractivity contribution in [2.45, 2.75) is 70.4 Å². The Morgan fingerprint density at radius 2 is 1.71 bits per heavy atom. The molecule has 0 heterocycles. The van der Waals surface area contributed by atoms with Crippen LogP contribution < -0.4 is 10.6 Å². The number of benzene rings is 2. The van der Waals surface area contributed by atoms with Crippen molar-refractivity contribution >= 4 is 18.0 Å². The number of amides is 2.